The molecule has 0 spiro atoms. The van der Waals surface area contributed by atoms with Gasteiger partial charge < -0.3 is 42.6 Å². The molecule has 0 radical (unpaired) electrons. The molecular formula is C30H40O13. The van der Waals surface area contributed by atoms with Crippen LogP contribution in [0.5, 0.6) is 0 Å². The molecule has 1 aromatic rings. The van der Waals surface area contributed by atoms with Crippen molar-refractivity contribution in [1.29, 1.82) is 0 Å². The average Bonchev–Trinajstić information content (AvgIpc) is 2.91. The number of rotatable bonds is 12. The minimum Gasteiger partial charge on any atom is -0.456 e. The zero-order valence-corrected chi connectivity index (χ0v) is 25.2. The fourth-order valence-electron chi connectivity index (χ4n) is 4.97. The van der Waals surface area contributed by atoms with Gasteiger partial charge in [0.25, 0.3) is 0 Å². The van der Waals surface area contributed by atoms with Gasteiger partial charge in [0.1, 0.15) is 18.3 Å². The zero-order chi connectivity index (χ0) is 31.7. The van der Waals surface area contributed by atoms with E-state index in [1.807, 2.05) is 30.3 Å². The molecule has 3 rings (SSSR count). The van der Waals surface area contributed by atoms with Crippen LogP contribution in [0.4, 0.5) is 0 Å². The summed E-state index contributed by atoms with van der Waals surface area (Å²) in [5.41, 5.74) is 0.874. The van der Waals surface area contributed by atoms with Crippen molar-refractivity contribution in [3.63, 3.8) is 0 Å². The quantitative estimate of drug-likeness (QED) is 0.194. The molecule has 2 fully saturated rings. The van der Waals surface area contributed by atoms with Gasteiger partial charge in [-0.1, -0.05) is 36.4 Å². The molecule has 1 aromatic carbocycles. The van der Waals surface area contributed by atoms with E-state index in [0.29, 0.717) is 0 Å². The molecule has 2 aliphatic heterocycles. The van der Waals surface area contributed by atoms with Crippen LogP contribution in [-0.2, 0) is 68.4 Å². The maximum atomic E-state index is 12.2. The number of carbonyl (C=O) groups is 4. The standard InChI is InChI=1S/C30H40O13/c1-8-14-35-27-25(23(16(2)37-29(27)42-21(7)34)36-15-22-12-10-9-11-13-22)43-30-28(41-20(6)33)26(40-19(5)32)24(17(3)38-30)39-18(4)31/h8-13,16-17,23-30H,1,14-15H2,2-7H3/t16-,17-,23-,24-,25+,26+,27+,28+,29-,30-/m0/s1. The molecular weight excluding hydrogens is 568 g/mol. The van der Waals surface area contributed by atoms with Crippen LogP contribution in [0, 0.1) is 0 Å². The summed E-state index contributed by atoms with van der Waals surface area (Å²) in [4.78, 5) is 48.2. The van der Waals surface area contributed by atoms with Crippen LogP contribution in [0.2, 0.25) is 0 Å². The Balaban J connectivity index is 2.03. The van der Waals surface area contributed by atoms with Crippen molar-refractivity contribution in [3.8, 4) is 0 Å². The van der Waals surface area contributed by atoms with Crippen molar-refractivity contribution >= 4 is 23.9 Å². The predicted molar refractivity (Wildman–Crippen MR) is 147 cm³/mol. The third-order valence-electron chi connectivity index (χ3n) is 6.63. The van der Waals surface area contributed by atoms with Gasteiger partial charge in [-0.2, -0.15) is 0 Å². The summed E-state index contributed by atoms with van der Waals surface area (Å²) in [7, 11) is 0. The van der Waals surface area contributed by atoms with Gasteiger partial charge in [-0.15, -0.1) is 6.58 Å². The molecule has 2 heterocycles. The number of carbonyl (C=O) groups excluding carboxylic acids is 4. The smallest absolute Gasteiger partial charge is 0.305 e. The van der Waals surface area contributed by atoms with E-state index in [0.717, 1.165) is 12.5 Å². The topological polar surface area (TPSA) is 151 Å². The second-order valence-corrected chi connectivity index (χ2v) is 10.2. The van der Waals surface area contributed by atoms with E-state index >= 15 is 0 Å². The Morgan fingerprint density at radius 2 is 1.21 bits per heavy atom. The van der Waals surface area contributed by atoms with Crippen molar-refractivity contribution < 1.29 is 61.8 Å². The Morgan fingerprint density at radius 3 is 1.79 bits per heavy atom. The molecule has 0 bridgehead atoms. The van der Waals surface area contributed by atoms with Crippen molar-refractivity contribution in [1.82, 2.24) is 0 Å². The molecule has 0 unspecified atom stereocenters. The molecule has 13 nitrogen and oxygen atoms in total. The van der Waals surface area contributed by atoms with Crippen LogP contribution in [0.3, 0.4) is 0 Å². The summed E-state index contributed by atoms with van der Waals surface area (Å²) in [5, 5.41) is 0. The van der Waals surface area contributed by atoms with Crippen molar-refractivity contribution in [3.05, 3.63) is 48.6 Å². The van der Waals surface area contributed by atoms with Crippen LogP contribution in [-0.4, -0.2) is 91.9 Å². The lowest BCUT2D eigenvalue weighted by Crippen LogP contribution is -2.65. The molecule has 0 N–H and O–H groups in total. The highest BCUT2D eigenvalue weighted by atomic mass is 16.8. The molecule has 0 amide bonds. The molecule has 0 aromatic heterocycles. The van der Waals surface area contributed by atoms with Crippen molar-refractivity contribution in [2.24, 2.45) is 0 Å². The first kappa shape index (κ1) is 34.1. The fourth-order valence-corrected chi connectivity index (χ4v) is 4.97. The second kappa shape index (κ2) is 15.9. The van der Waals surface area contributed by atoms with Crippen molar-refractivity contribution in [2.45, 2.75) is 110 Å². The minimum atomic E-state index is -1.37. The van der Waals surface area contributed by atoms with Gasteiger partial charge in [-0.05, 0) is 19.4 Å². The first-order valence-electron chi connectivity index (χ1n) is 13.9. The summed E-state index contributed by atoms with van der Waals surface area (Å²) in [5.74, 6) is -2.72. The Kier molecular flexibility index (Phi) is 12.6. The number of ether oxygens (including phenoxy) is 9. The summed E-state index contributed by atoms with van der Waals surface area (Å²) in [6.07, 6.45) is -9.34. The third kappa shape index (κ3) is 9.57. The summed E-state index contributed by atoms with van der Waals surface area (Å²) < 4.78 is 52.8. The van der Waals surface area contributed by atoms with E-state index in [4.69, 9.17) is 42.6 Å². The third-order valence-corrected chi connectivity index (χ3v) is 6.63. The van der Waals surface area contributed by atoms with E-state index < -0.39 is 85.3 Å². The molecule has 13 heteroatoms. The van der Waals surface area contributed by atoms with Crippen LogP contribution in [0.15, 0.2) is 43.0 Å². The summed E-state index contributed by atoms with van der Waals surface area (Å²) >= 11 is 0. The normalized spacial score (nSPS) is 32.2. The molecule has 0 aliphatic carbocycles. The highest BCUT2D eigenvalue weighted by molar-refractivity contribution is 5.68. The predicted octanol–water partition coefficient (Wildman–Crippen LogP) is 2.38. The highest BCUT2D eigenvalue weighted by Gasteiger charge is 2.55. The molecule has 2 aliphatic rings. The number of hydrogen-bond acceptors (Lipinski definition) is 13. The van der Waals surface area contributed by atoms with Gasteiger partial charge in [0.15, 0.2) is 24.6 Å². The van der Waals surface area contributed by atoms with E-state index in [-0.39, 0.29) is 13.2 Å². The van der Waals surface area contributed by atoms with Gasteiger partial charge in [-0.3, -0.25) is 19.2 Å². The lowest BCUT2D eigenvalue weighted by molar-refractivity contribution is -0.358. The van der Waals surface area contributed by atoms with Crippen LogP contribution in [0.25, 0.3) is 0 Å². The molecule has 10 atom stereocenters. The largest absolute Gasteiger partial charge is 0.456 e. The number of benzene rings is 1. The van der Waals surface area contributed by atoms with E-state index in [2.05, 4.69) is 6.58 Å². The Labute approximate surface area is 250 Å². The second-order valence-electron chi connectivity index (χ2n) is 10.2. The maximum absolute atomic E-state index is 12.2. The summed E-state index contributed by atoms with van der Waals surface area (Å²) in [6.45, 7) is 12.0. The van der Waals surface area contributed by atoms with Gasteiger partial charge in [0, 0.05) is 27.7 Å². The maximum Gasteiger partial charge on any atom is 0.305 e. The van der Waals surface area contributed by atoms with Crippen LogP contribution >= 0.6 is 0 Å². The monoisotopic (exact) mass is 608 g/mol. The van der Waals surface area contributed by atoms with E-state index in [1.165, 1.54) is 26.8 Å². The first-order valence-corrected chi connectivity index (χ1v) is 13.9. The summed E-state index contributed by atoms with van der Waals surface area (Å²) in [6, 6.07) is 9.40. The Hall–Kier alpha value is -3.36. The lowest BCUT2D eigenvalue weighted by Gasteiger charge is -2.48. The van der Waals surface area contributed by atoms with Crippen LogP contribution in [0.1, 0.15) is 47.1 Å². The molecule has 2 saturated heterocycles. The van der Waals surface area contributed by atoms with E-state index in [9.17, 15) is 19.2 Å². The van der Waals surface area contributed by atoms with Gasteiger partial charge in [0.05, 0.1) is 25.4 Å². The fraction of sp³-hybridized carbons (Fsp3) is 0.600. The van der Waals surface area contributed by atoms with Crippen molar-refractivity contribution in [2.75, 3.05) is 6.61 Å². The Morgan fingerprint density at radius 1 is 0.674 bits per heavy atom. The SMILES string of the molecule is C=CCO[C@H]1[C@H](OC(C)=O)O[C@@H](C)[C@H](OCc2ccccc2)[C@H]1O[C@@H]1O[C@@H](C)[C@H](OC(C)=O)[C@@H](OC(C)=O)[C@H]1OC(C)=O. The Bertz CT molecular complexity index is 1110. The molecule has 238 valence electrons. The lowest BCUT2D eigenvalue weighted by atomic mass is 9.96. The first-order chi connectivity index (χ1) is 20.4. The van der Waals surface area contributed by atoms with Gasteiger partial charge >= 0.3 is 23.9 Å². The average molecular weight is 609 g/mol. The molecule has 0 saturated carbocycles. The minimum absolute atomic E-state index is 0.0331. The zero-order valence-electron chi connectivity index (χ0n) is 25.2. The molecule has 43 heavy (non-hydrogen) atoms. The van der Waals surface area contributed by atoms with Crippen LogP contribution < -0.4 is 0 Å². The number of esters is 4. The highest BCUT2D eigenvalue weighted by Crippen LogP contribution is 2.35. The van der Waals surface area contributed by atoms with Gasteiger partial charge in [-0.25, -0.2) is 0 Å². The number of hydrogen-bond donors (Lipinski definition) is 0. The van der Waals surface area contributed by atoms with Gasteiger partial charge in [0.2, 0.25) is 6.29 Å². The van der Waals surface area contributed by atoms with E-state index in [1.54, 1.807) is 13.8 Å².